The molecule has 1 saturated carbocycles. The average Bonchev–Trinajstić information content (AvgIpc) is 2.84. The minimum Gasteiger partial charge on any atom is -0.347 e. The maximum absolute atomic E-state index is 13.8. The minimum absolute atomic E-state index is 0.0435. The van der Waals surface area contributed by atoms with Gasteiger partial charge in [0.2, 0.25) is 0 Å². The number of halogens is 1. The number of amides is 1. The van der Waals surface area contributed by atoms with E-state index in [9.17, 15) is 9.18 Å². The van der Waals surface area contributed by atoms with Crippen molar-refractivity contribution in [2.45, 2.75) is 38.1 Å². The summed E-state index contributed by atoms with van der Waals surface area (Å²) in [6.45, 7) is 2.24. The van der Waals surface area contributed by atoms with E-state index in [1.165, 1.54) is 12.1 Å². The zero-order chi connectivity index (χ0) is 14.6. The van der Waals surface area contributed by atoms with Crippen LogP contribution in [0.1, 0.15) is 48.5 Å². The van der Waals surface area contributed by atoms with Gasteiger partial charge in [-0.25, -0.2) is 4.39 Å². The highest BCUT2D eigenvalue weighted by molar-refractivity contribution is 5.95. The molecule has 1 aliphatic carbocycles. The first kappa shape index (κ1) is 14.5. The Morgan fingerprint density at radius 1 is 1.45 bits per heavy atom. The van der Waals surface area contributed by atoms with Crippen molar-refractivity contribution in [1.82, 2.24) is 5.32 Å². The molecule has 0 aliphatic heterocycles. The third kappa shape index (κ3) is 3.37. The van der Waals surface area contributed by atoms with Crippen LogP contribution in [0.25, 0.3) is 0 Å². The summed E-state index contributed by atoms with van der Waals surface area (Å²) in [6, 6.07) is 4.30. The molecule has 0 unspecified atom stereocenters. The summed E-state index contributed by atoms with van der Waals surface area (Å²) in [7, 11) is 0. The summed E-state index contributed by atoms with van der Waals surface area (Å²) < 4.78 is 13.8. The van der Waals surface area contributed by atoms with Crippen molar-refractivity contribution >= 4 is 5.91 Å². The number of hydrogen-bond donors (Lipinski definition) is 2. The van der Waals surface area contributed by atoms with E-state index in [0.717, 1.165) is 25.7 Å². The standard InChI is InChI=1S/C16H19FN2O/c1-16(8-2-3-9-16)19-15(20)13-11-12(5-4-10-18)6-7-14(13)17/h6-7,11H,2-3,8-10,18H2,1H3,(H,19,20). The minimum atomic E-state index is -0.526. The Bertz CT molecular complexity index is 566. The number of nitrogens with two attached hydrogens (primary N) is 1. The van der Waals surface area contributed by atoms with E-state index in [1.807, 2.05) is 6.92 Å². The van der Waals surface area contributed by atoms with Gasteiger partial charge in [0.15, 0.2) is 0 Å². The van der Waals surface area contributed by atoms with Crippen LogP contribution >= 0.6 is 0 Å². The third-order valence-corrected chi connectivity index (χ3v) is 3.67. The number of nitrogens with one attached hydrogen (secondary N) is 1. The highest BCUT2D eigenvalue weighted by atomic mass is 19.1. The Morgan fingerprint density at radius 3 is 2.80 bits per heavy atom. The number of benzene rings is 1. The molecule has 1 fully saturated rings. The smallest absolute Gasteiger partial charge is 0.254 e. The van der Waals surface area contributed by atoms with Crippen LogP contribution in [0.2, 0.25) is 0 Å². The van der Waals surface area contributed by atoms with E-state index in [2.05, 4.69) is 17.2 Å². The number of carbonyl (C=O) groups is 1. The van der Waals surface area contributed by atoms with Crippen LogP contribution in [0.4, 0.5) is 4.39 Å². The van der Waals surface area contributed by atoms with Crippen molar-refractivity contribution in [3.05, 3.63) is 35.1 Å². The maximum Gasteiger partial charge on any atom is 0.254 e. The van der Waals surface area contributed by atoms with E-state index >= 15 is 0 Å². The lowest BCUT2D eigenvalue weighted by Crippen LogP contribution is -2.43. The molecule has 0 aromatic heterocycles. The molecular formula is C16H19FN2O. The van der Waals surface area contributed by atoms with Crippen LogP contribution in [0.3, 0.4) is 0 Å². The summed E-state index contributed by atoms with van der Waals surface area (Å²) in [4.78, 5) is 12.2. The van der Waals surface area contributed by atoms with Gasteiger partial charge in [-0.3, -0.25) is 4.79 Å². The Labute approximate surface area is 118 Å². The summed E-state index contributed by atoms with van der Waals surface area (Å²) >= 11 is 0. The number of carbonyl (C=O) groups excluding carboxylic acids is 1. The zero-order valence-electron chi connectivity index (χ0n) is 11.6. The summed E-state index contributed by atoms with van der Waals surface area (Å²) in [5, 5.41) is 2.94. The molecule has 3 nitrogen and oxygen atoms in total. The van der Waals surface area contributed by atoms with Crippen molar-refractivity contribution in [2.75, 3.05) is 6.54 Å². The monoisotopic (exact) mass is 274 g/mol. The fraction of sp³-hybridized carbons (Fsp3) is 0.438. The fourth-order valence-corrected chi connectivity index (χ4v) is 2.55. The van der Waals surface area contributed by atoms with Gasteiger partial charge in [-0.2, -0.15) is 0 Å². The normalized spacial score (nSPS) is 16.4. The largest absolute Gasteiger partial charge is 0.347 e. The van der Waals surface area contributed by atoms with Gasteiger partial charge in [0.1, 0.15) is 5.82 Å². The number of rotatable bonds is 2. The van der Waals surface area contributed by atoms with Crippen LogP contribution in [0, 0.1) is 17.7 Å². The SMILES string of the molecule is CC1(NC(=O)c2cc(C#CCN)ccc2F)CCCC1. The lowest BCUT2D eigenvalue weighted by molar-refractivity contribution is 0.0904. The van der Waals surface area contributed by atoms with Gasteiger partial charge < -0.3 is 11.1 Å². The molecule has 0 heterocycles. The van der Waals surface area contributed by atoms with Gasteiger partial charge in [0, 0.05) is 11.1 Å². The molecular weight excluding hydrogens is 255 g/mol. The summed E-state index contributed by atoms with van der Waals surface area (Å²) in [6.07, 6.45) is 4.07. The molecule has 1 amide bonds. The Morgan fingerprint density at radius 2 is 2.15 bits per heavy atom. The molecule has 0 radical (unpaired) electrons. The van der Waals surface area contributed by atoms with Gasteiger partial charge in [0.25, 0.3) is 5.91 Å². The lowest BCUT2D eigenvalue weighted by atomic mass is 9.99. The molecule has 0 saturated heterocycles. The summed E-state index contributed by atoms with van der Waals surface area (Å²) in [5.74, 6) is 4.61. The van der Waals surface area contributed by atoms with Crippen LogP contribution in [-0.2, 0) is 0 Å². The highest BCUT2D eigenvalue weighted by Crippen LogP contribution is 2.29. The molecule has 3 N–H and O–H groups in total. The Hall–Kier alpha value is -1.86. The third-order valence-electron chi connectivity index (χ3n) is 3.67. The lowest BCUT2D eigenvalue weighted by Gasteiger charge is -2.25. The predicted molar refractivity (Wildman–Crippen MR) is 76.7 cm³/mol. The van der Waals surface area contributed by atoms with Gasteiger partial charge in [-0.05, 0) is 38.0 Å². The second-order valence-electron chi connectivity index (χ2n) is 5.42. The van der Waals surface area contributed by atoms with Crippen LogP contribution in [-0.4, -0.2) is 18.0 Å². The second-order valence-corrected chi connectivity index (χ2v) is 5.42. The Balaban J connectivity index is 2.20. The van der Waals surface area contributed by atoms with Gasteiger partial charge >= 0.3 is 0 Å². The molecule has 0 spiro atoms. The summed E-state index contributed by atoms with van der Waals surface area (Å²) in [5.41, 5.74) is 5.72. The van der Waals surface area contributed by atoms with Crippen molar-refractivity contribution < 1.29 is 9.18 Å². The first-order valence-corrected chi connectivity index (χ1v) is 6.85. The molecule has 2 rings (SSSR count). The molecule has 20 heavy (non-hydrogen) atoms. The van der Waals surface area contributed by atoms with E-state index in [0.29, 0.717) is 5.56 Å². The van der Waals surface area contributed by atoms with Crippen molar-refractivity contribution in [2.24, 2.45) is 5.73 Å². The first-order valence-electron chi connectivity index (χ1n) is 6.85. The topological polar surface area (TPSA) is 55.1 Å². The quantitative estimate of drug-likeness (QED) is 0.812. The van der Waals surface area contributed by atoms with E-state index in [1.54, 1.807) is 6.07 Å². The number of hydrogen-bond acceptors (Lipinski definition) is 2. The maximum atomic E-state index is 13.8. The van der Waals surface area contributed by atoms with Gasteiger partial charge in [-0.1, -0.05) is 24.7 Å². The predicted octanol–water partition coefficient (Wildman–Crippen LogP) is 2.20. The molecule has 1 aromatic carbocycles. The molecule has 4 heteroatoms. The van der Waals surface area contributed by atoms with Crippen LogP contribution < -0.4 is 11.1 Å². The highest BCUT2D eigenvalue weighted by Gasteiger charge is 2.31. The van der Waals surface area contributed by atoms with Crippen LogP contribution in [0.15, 0.2) is 18.2 Å². The van der Waals surface area contributed by atoms with Crippen molar-refractivity contribution in [3.8, 4) is 11.8 Å². The molecule has 0 bridgehead atoms. The molecule has 0 atom stereocenters. The molecule has 106 valence electrons. The van der Waals surface area contributed by atoms with E-state index in [-0.39, 0.29) is 23.6 Å². The average molecular weight is 274 g/mol. The van der Waals surface area contributed by atoms with E-state index in [4.69, 9.17) is 5.73 Å². The van der Waals surface area contributed by atoms with Crippen molar-refractivity contribution in [3.63, 3.8) is 0 Å². The van der Waals surface area contributed by atoms with Gasteiger partial charge in [-0.15, -0.1) is 0 Å². The second kappa shape index (κ2) is 6.06. The van der Waals surface area contributed by atoms with Crippen LogP contribution in [0.5, 0.6) is 0 Å². The zero-order valence-corrected chi connectivity index (χ0v) is 11.6. The van der Waals surface area contributed by atoms with Crippen molar-refractivity contribution in [1.29, 1.82) is 0 Å². The van der Waals surface area contributed by atoms with Gasteiger partial charge in [0.05, 0.1) is 12.1 Å². The molecule has 1 aliphatic rings. The molecule has 1 aromatic rings. The first-order chi connectivity index (χ1) is 9.54. The Kier molecular flexibility index (Phi) is 4.41. The van der Waals surface area contributed by atoms with E-state index < -0.39 is 5.82 Å². The fourth-order valence-electron chi connectivity index (χ4n) is 2.55.